The van der Waals surface area contributed by atoms with E-state index in [1.54, 1.807) is 11.8 Å². The van der Waals surface area contributed by atoms with Crippen LogP contribution in [0.5, 0.6) is 11.5 Å². The summed E-state index contributed by atoms with van der Waals surface area (Å²) in [4.78, 5) is 23.0. The maximum absolute atomic E-state index is 13.5. The first-order valence-electron chi connectivity index (χ1n) is 14.9. The van der Waals surface area contributed by atoms with E-state index in [4.69, 9.17) is 19.7 Å². The number of thioether (sulfide) groups is 2. The molecule has 47 heavy (non-hydrogen) atoms. The van der Waals surface area contributed by atoms with E-state index in [0.717, 1.165) is 64.7 Å². The number of carbonyl (C=O) groups is 2. The topological polar surface area (TPSA) is 93.1 Å². The Labute approximate surface area is 280 Å². The van der Waals surface area contributed by atoms with Crippen molar-refractivity contribution in [2.45, 2.75) is 48.6 Å². The van der Waals surface area contributed by atoms with Gasteiger partial charge in [0, 0.05) is 9.79 Å². The van der Waals surface area contributed by atoms with Gasteiger partial charge in [0.2, 0.25) is 0 Å². The summed E-state index contributed by atoms with van der Waals surface area (Å²) in [6.45, 7) is 0.717. The van der Waals surface area contributed by atoms with Gasteiger partial charge in [0.05, 0.1) is 5.56 Å². The summed E-state index contributed by atoms with van der Waals surface area (Å²) in [5, 5.41) is 17.5. The van der Waals surface area contributed by atoms with Gasteiger partial charge in [-0.2, -0.15) is 13.2 Å². The molecule has 0 unspecified atom stereocenters. The van der Waals surface area contributed by atoms with Crippen molar-refractivity contribution in [3.8, 4) is 22.6 Å². The van der Waals surface area contributed by atoms with Gasteiger partial charge in [-0.25, -0.2) is 9.59 Å². The van der Waals surface area contributed by atoms with Gasteiger partial charge >= 0.3 is 18.1 Å². The molecule has 0 radical (unpaired) electrons. The number of aliphatic carboxylic acids is 2. The molecule has 0 aliphatic carbocycles. The molecule has 2 N–H and O–H groups in total. The van der Waals surface area contributed by atoms with Gasteiger partial charge in [-0.1, -0.05) is 48.5 Å². The fourth-order valence-corrected chi connectivity index (χ4v) is 6.60. The lowest BCUT2D eigenvalue weighted by Gasteiger charge is -2.14. The van der Waals surface area contributed by atoms with E-state index in [9.17, 15) is 22.8 Å². The Kier molecular flexibility index (Phi) is 13.1. The van der Waals surface area contributed by atoms with Gasteiger partial charge in [-0.05, 0) is 108 Å². The molecule has 4 aromatic rings. The van der Waals surface area contributed by atoms with Crippen LogP contribution < -0.4 is 9.47 Å². The molecule has 0 saturated heterocycles. The van der Waals surface area contributed by atoms with E-state index in [2.05, 4.69) is 48.5 Å². The van der Waals surface area contributed by atoms with Crippen LogP contribution in [0.15, 0.2) is 94.7 Å². The van der Waals surface area contributed by atoms with Gasteiger partial charge in [0.1, 0.15) is 11.5 Å². The summed E-state index contributed by atoms with van der Waals surface area (Å²) >= 11 is 3.08. The Morgan fingerprint density at radius 1 is 0.660 bits per heavy atom. The molecule has 0 aliphatic heterocycles. The number of ether oxygens (including phenoxy) is 2. The van der Waals surface area contributed by atoms with Crippen molar-refractivity contribution in [2.75, 3.05) is 24.7 Å². The highest BCUT2D eigenvalue weighted by atomic mass is 32.2. The first kappa shape index (κ1) is 35.8. The third-order valence-corrected chi connectivity index (χ3v) is 9.26. The maximum atomic E-state index is 13.5. The van der Waals surface area contributed by atoms with Gasteiger partial charge in [-0.15, -0.1) is 23.5 Å². The van der Waals surface area contributed by atoms with Crippen LogP contribution in [0.2, 0.25) is 0 Å². The number of carboxylic acid groups (broad SMARTS) is 2. The van der Waals surface area contributed by atoms with Crippen LogP contribution in [-0.4, -0.2) is 46.9 Å². The molecular formula is C36H35F3O6S2. The van der Waals surface area contributed by atoms with Crippen molar-refractivity contribution in [2.24, 2.45) is 0 Å². The number of aryl methyl sites for hydroxylation is 3. The Bertz CT molecular complexity index is 1640. The van der Waals surface area contributed by atoms with Crippen molar-refractivity contribution in [1.82, 2.24) is 0 Å². The number of halogens is 3. The lowest BCUT2D eigenvalue weighted by Crippen LogP contribution is -2.14. The highest BCUT2D eigenvalue weighted by molar-refractivity contribution is 7.99. The van der Waals surface area contributed by atoms with Crippen LogP contribution >= 0.6 is 23.5 Å². The molecule has 0 heterocycles. The fourth-order valence-electron chi connectivity index (χ4n) is 4.76. The smallest absolute Gasteiger partial charge is 0.420 e. The Morgan fingerprint density at radius 2 is 1.11 bits per heavy atom. The lowest BCUT2D eigenvalue weighted by molar-refractivity contribution is -0.143. The van der Waals surface area contributed by atoms with Crippen molar-refractivity contribution in [1.29, 1.82) is 0 Å². The maximum Gasteiger partial charge on any atom is 0.420 e. The quantitative estimate of drug-likeness (QED) is 0.0841. The van der Waals surface area contributed by atoms with Crippen LogP contribution in [-0.2, 0) is 28.6 Å². The lowest BCUT2D eigenvalue weighted by atomic mass is 10.0. The Balaban J connectivity index is 1.19. The van der Waals surface area contributed by atoms with Crippen molar-refractivity contribution in [3.05, 3.63) is 107 Å². The van der Waals surface area contributed by atoms with Crippen molar-refractivity contribution >= 4 is 35.5 Å². The van der Waals surface area contributed by atoms with Gasteiger partial charge in [0.25, 0.3) is 0 Å². The van der Waals surface area contributed by atoms with Crippen LogP contribution in [0, 0.1) is 6.92 Å². The van der Waals surface area contributed by atoms with Gasteiger partial charge < -0.3 is 19.7 Å². The second kappa shape index (κ2) is 17.2. The molecule has 0 atom stereocenters. The molecule has 4 aromatic carbocycles. The molecule has 0 saturated carbocycles. The minimum absolute atomic E-state index is 0.353. The summed E-state index contributed by atoms with van der Waals surface area (Å²) in [6, 6.07) is 26.4. The summed E-state index contributed by atoms with van der Waals surface area (Å²) in [5.74, 6) is -0.657. The first-order chi connectivity index (χ1) is 22.5. The van der Waals surface area contributed by atoms with Crippen LogP contribution in [0.1, 0.15) is 35.1 Å². The molecule has 248 valence electrons. The monoisotopic (exact) mass is 684 g/mol. The number of alkyl halides is 3. The predicted molar refractivity (Wildman–Crippen MR) is 179 cm³/mol. The minimum atomic E-state index is -4.65. The molecule has 4 rings (SSSR count). The second-order valence-electron chi connectivity index (χ2n) is 10.7. The zero-order valence-electron chi connectivity index (χ0n) is 25.7. The molecule has 0 fully saturated rings. The van der Waals surface area contributed by atoms with Crippen LogP contribution in [0.25, 0.3) is 11.1 Å². The number of benzene rings is 4. The first-order valence-corrected chi connectivity index (χ1v) is 16.9. The average molecular weight is 685 g/mol. The third kappa shape index (κ3) is 11.6. The van der Waals surface area contributed by atoms with Crippen LogP contribution in [0.4, 0.5) is 13.2 Å². The van der Waals surface area contributed by atoms with E-state index in [1.807, 2.05) is 25.1 Å². The molecule has 0 amide bonds. The Hall–Kier alpha value is -4.09. The largest absolute Gasteiger partial charge is 0.482 e. The summed E-state index contributed by atoms with van der Waals surface area (Å²) in [6.07, 6.45) is -1.10. The van der Waals surface area contributed by atoms with Crippen LogP contribution in [0.3, 0.4) is 0 Å². The summed E-state index contributed by atoms with van der Waals surface area (Å²) < 4.78 is 50.5. The molecule has 0 aliphatic rings. The number of hydrogen-bond acceptors (Lipinski definition) is 6. The molecule has 11 heteroatoms. The highest BCUT2D eigenvalue weighted by Gasteiger charge is 2.35. The molecule has 0 aromatic heterocycles. The van der Waals surface area contributed by atoms with E-state index < -0.39 is 36.0 Å². The molecular weight excluding hydrogens is 650 g/mol. The standard InChI is InChI=1S/C36H35F3O6S2/c1-24-20-29(14-16-32(24)44-22-34(40)41)46-18-2-4-25-6-10-27(11-7-25)28-12-8-26(9-13-28)5-3-19-47-30-15-17-33(45-23-35(42)43)31(21-30)36(37,38)39/h6-17,20-21H,2-5,18-19,22-23H2,1H3,(H,40,41)(H,42,43). The van der Waals surface area contributed by atoms with Gasteiger partial charge in [0.15, 0.2) is 13.2 Å². The van der Waals surface area contributed by atoms with Crippen molar-refractivity contribution < 1.29 is 42.4 Å². The molecule has 6 nitrogen and oxygen atoms in total. The zero-order chi connectivity index (χ0) is 33.8. The minimum Gasteiger partial charge on any atom is -0.482 e. The summed E-state index contributed by atoms with van der Waals surface area (Å²) in [7, 11) is 0. The van der Waals surface area contributed by atoms with E-state index in [0.29, 0.717) is 16.4 Å². The normalized spacial score (nSPS) is 11.3. The zero-order valence-corrected chi connectivity index (χ0v) is 27.4. The molecule has 0 spiro atoms. The SMILES string of the molecule is Cc1cc(SCCCc2ccc(-c3ccc(CCCSc4ccc(OCC(=O)O)c(C(F)(F)F)c4)cc3)cc2)ccc1OCC(=O)O. The molecule has 0 bridgehead atoms. The van der Waals surface area contributed by atoms with E-state index >= 15 is 0 Å². The Morgan fingerprint density at radius 3 is 1.55 bits per heavy atom. The second-order valence-corrected chi connectivity index (χ2v) is 13.1. The van der Waals surface area contributed by atoms with E-state index in [1.165, 1.54) is 29.5 Å². The summed E-state index contributed by atoms with van der Waals surface area (Å²) in [5.41, 5.74) is 4.59. The van der Waals surface area contributed by atoms with Gasteiger partial charge in [-0.3, -0.25) is 0 Å². The third-order valence-electron chi connectivity index (χ3n) is 7.10. The predicted octanol–water partition coefficient (Wildman–Crippen LogP) is 9.06. The average Bonchev–Trinajstić information content (AvgIpc) is 3.04. The number of hydrogen-bond donors (Lipinski definition) is 2. The number of rotatable bonds is 17. The fraction of sp³-hybridized carbons (Fsp3) is 0.278. The number of carboxylic acids is 2. The van der Waals surface area contributed by atoms with E-state index in [-0.39, 0.29) is 6.61 Å². The van der Waals surface area contributed by atoms with Crippen molar-refractivity contribution in [3.63, 3.8) is 0 Å². The highest BCUT2D eigenvalue weighted by Crippen LogP contribution is 2.39.